The normalized spacial score (nSPS) is 12.5. The van der Waals surface area contributed by atoms with E-state index in [2.05, 4.69) is 6.58 Å². The average molecular weight is 212 g/mol. The molecule has 0 amide bonds. The number of hydrogen-bond donors (Lipinski definition) is 0. The van der Waals surface area contributed by atoms with Crippen molar-refractivity contribution in [2.75, 3.05) is 6.61 Å². The van der Waals surface area contributed by atoms with Crippen LogP contribution in [-0.2, 0) is 14.3 Å². The highest BCUT2D eigenvalue weighted by Gasteiger charge is 2.09. The number of carbonyl (C=O) groups is 1. The summed E-state index contributed by atoms with van der Waals surface area (Å²) >= 11 is 0. The predicted molar refractivity (Wildman–Crippen MR) is 60.4 cm³/mol. The molecular formula is C12H20O3. The Labute approximate surface area is 91.8 Å². The van der Waals surface area contributed by atoms with Crippen molar-refractivity contribution in [1.82, 2.24) is 0 Å². The van der Waals surface area contributed by atoms with Gasteiger partial charge in [-0.1, -0.05) is 6.58 Å². The lowest BCUT2D eigenvalue weighted by Gasteiger charge is -2.18. The van der Waals surface area contributed by atoms with Gasteiger partial charge >= 0.3 is 5.97 Å². The van der Waals surface area contributed by atoms with Crippen LogP contribution in [0, 0.1) is 0 Å². The van der Waals surface area contributed by atoms with E-state index in [-0.39, 0.29) is 5.60 Å². The van der Waals surface area contributed by atoms with E-state index in [0.29, 0.717) is 17.9 Å². The van der Waals surface area contributed by atoms with Gasteiger partial charge in [0.2, 0.25) is 0 Å². The Morgan fingerprint density at radius 3 is 2.27 bits per heavy atom. The third-order valence-electron chi connectivity index (χ3n) is 1.49. The van der Waals surface area contributed by atoms with Gasteiger partial charge in [-0.2, -0.15) is 0 Å². The minimum Gasteiger partial charge on any atom is -0.428 e. The smallest absolute Gasteiger partial charge is 0.338 e. The van der Waals surface area contributed by atoms with Crippen molar-refractivity contribution in [3.63, 3.8) is 0 Å². The molecule has 0 fully saturated rings. The topological polar surface area (TPSA) is 35.5 Å². The number of ether oxygens (including phenoxy) is 2. The molecule has 0 aromatic rings. The number of allylic oxidation sites excluding steroid dienone is 1. The van der Waals surface area contributed by atoms with E-state index in [1.54, 1.807) is 19.9 Å². The van der Waals surface area contributed by atoms with E-state index >= 15 is 0 Å². The monoisotopic (exact) mass is 212 g/mol. The van der Waals surface area contributed by atoms with Crippen LogP contribution >= 0.6 is 0 Å². The summed E-state index contributed by atoms with van der Waals surface area (Å²) in [7, 11) is 0. The van der Waals surface area contributed by atoms with Crippen LogP contribution < -0.4 is 0 Å². The van der Waals surface area contributed by atoms with Crippen molar-refractivity contribution in [2.24, 2.45) is 0 Å². The molecule has 0 heterocycles. The molecule has 0 aromatic heterocycles. The molecule has 3 heteroatoms. The standard InChI is InChI=1S/C12H20O3/c1-9(2)11(13)15-10(3)7-8-14-12(4,5)6/h7H,1,8H2,2-6H3/b10-7+. The van der Waals surface area contributed by atoms with E-state index in [1.165, 1.54) is 0 Å². The molecule has 0 bridgehead atoms. The fourth-order valence-corrected chi connectivity index (χ4v) is 0.684. The Kier molecular flexibility index (Phi) is 5.29. The maximum atomic E-state index is 11.1. The molecule has 0 N–H and O–H groups in total. The minimum atomic E-state index is -0.403. The van der Waals surface area contributed by atoms with Crippen LogP contribution in [-0.4, -0.2) is 18.2 Å². The lowest BCUT2D eigenvalue weighted by atomic mass is 10.2. The highest BCUT2D eigenvalue weighted by Crippen LogP contribution is 2.07. The lowest BCUT2D eigenvalue weighted by Crippen LogP contribution is -2.19. The Morgan fingerprint density at radius 2 is 1.87 bits per heavy atom. The number of esters is 1. The maximum absolute atomic E-state index is 11.1. The molecule has 0 radical (unpaired) electrons. The average Bonchev–Trinajstić information content (AvgIpc) is 2.01. The quantitative estimate of drug-likeness (QED) is 0.408. The molecule has 0 aliphatic rings. The number of rotatable bonds is 4. The van der Waals surface area contributed by atoms with Crippen LogP contribution in [0.4, 0.5) is 0 Å². The van der Waals surface area contributed by atoms with Crippen LogP contribution in [0.2, 0.25) is 0 Å². The molecule has 3 nitrogen and oxygen atoms in total. The van der Waals surface area contributed by atoms with E-state index < -0.39 is 5.97 Å². The number of hydrogen-bond acceptors (Lipinski definition) is 3. The lowest BCUT2D eigenvalue weighted by molar-refractivity contribution is -0.134. The van der Waals surface area contributed by atoms with E-state index in [4.69, 9.17) is 9.47 Å². The van der Waals surface area contributed by atoms with Gasteiger partial charge in [0.1, 0.15) is 5.76 Å². The Morgan fingerprint density at radius 1 is 1.33 bits per heavy atom. The molecule has 0 saturated carbocycles. The molecule has 0 unspecified atom stereocenters. The first-order chi connectivity index (χ1) is 6.72. The third kappa shape index (κ3) is 7.94. The SMILES string of the molecule is C=C(C)C(=O)O/C(C)=C/COC(C)(C)C. The van der Waals surface area contributed by atoms with Gasteiger partial charge in [0, 0.05) is 5.57 Å². The first kappa shape index (κ1) is 13.9. The minimum absolute atomic E-state index is 0.185. The van der Waals surface area contributed by atoms with Gasteiger partial charge in [0.05, 0.1) is 12.2 Å². The molecule has 0 spiro atoms. The molecule has 0 aliphatic heterocycles. The van der Waals surface area contributed by atoms with Gasteiger partial charge in [-0.25, -0.2) is 4.79 Å². The molecule has 0 saturated heterocycles. The summed E-state index contributed by atoms with van der Waals surface area (Å²) in [4.78, 5) is 11.1. The molecular weight excluding hydrogens is 192 g/mol. The summed E-state index contributed by atoms with van der Waals surface area (Å²) < 4.78 is 10.4. The molecule has 0 atom stereocenters. The van der Waals surface area contributed by atoms with Crippen molar-refractivity contribution in [3.8, 4) is 0 Å². The molecule has 0 aliphatic carbocycles. The van der Waals surface area contributed by atoms with Crippen molar-refractivity contribution in [3.05, 3.63) is 24.0 Å². The van der Waals surface area contributed by atoms with Gasteiger partial charge in [0.25, 0.3) is 0 Å². The first-order valence-electron chi connectivity index (χ1n) is 4.91. The number of carbonyl (C=O) groups excluding carboxylic acids is 1. The zero-order valence-electron chi connectivity index (χ0n) is 10.2. The fraction of sp³-hybridized carbons (Fsp3) is 0.583. The third-order valence-corrected chi connectivity index (χ3v) is 1.49. The van der Waals surface area contributed by atoms with E-state index in [9.17, 15) is 4.79 Å². The van der Waals surface area contributed by atoms with Gasteiger partial charge in [0.15, 0.2) is 0 Å². The van der Waals surface area contributed by atoms with Crippen molar-refractivity contribution in [2.45, 2.75) is 40.2 Å². The Balaban J connectivity index is 4.01. The molecule has 15 heavy (non-hydrogen) atoms. The highest BCUT2D eigenvalue weighted by atomic mass is 16.5. The van der Waals surface area contributed by atoms with Gasteiger partial charge in [-0.3, -0.25) is 0 Å². The van der Waals surface area contributed by atoms with E-state index in [0.717, 1.165) is 0 Å². The van der Waals surface area contributed by atoms with Gasteiger partial charge < -0.3 is 9.47 Å². The second-order valence-electron chi connectivity index (χ2n) is 4.41. The zero-order chi connectivity index (χ0) is 12.1. The molecule has 86 valence electrons. The summed E-state index contributed by atoms with van der Waals surface area (Å²) in [5, 5.41) is 0. The summed E-state index contributed by atoms with van der Waals surface area (Å²) in [5.41, 5.74) is 0.203. The summed E-state index contributed by atoms with van der Waals surface area (Å²) in [6, 6.07) is 0. The second-order valence-corrected chi connectivity index (χ2v) is 4.41. The predicted octanol–water partition coefficient (Wildman–Crippen LogP) is 2.82. The Bertz CT molecular complexity index is 269. The van der Waals surface area contributed by atoms with Crippen molar-refractivity contribution >= 4 is 5.97 Å². The van der Waals surface area contributed by atoms with Crippen LogP contribution in [0.3, 0.4) is 0 Å². The van der Waals surface area contributed by atoms with Crippen LogP contribution in [0.1, 0.15) is 34.6 Å². The van der Waals surface area contributed by atoms with Crippen molar-refractivity contribution < 1.29 is 14.3 Å². The molecule has 0 aromatic carbocycles. The largest absolute Gasteiger partial charge is 0.428 e. The summed E-state index contributed by atoms with van der Waals surface area (Å²) in [6.45, 7) is 13.2. The van der Waals surface area contributed by atoms with E-state index in [1.807, 2.05) is 20.8 Å². The summed E-state index contributed by atoms with van der Waals surface area (Å²) in [5.74, 6) is 0.131. The highest BCUT2D eigenvalue weighted by molar-refractivity contribution is 5.87. The van der Waals surface area contributed by atoms with Crippen LogP contribution in [0.15, 0.2) is 24.0 Å². The van der Waals surface area contributed by atoms with Crippen molar-refractivity contribution in [1.29, 1.82) is 0 Å². The van der Waals surface area contributed by atoms with Gasteiger partial charge in [-0.05, 0) is 40.7 Å². The van der Waals surface area contributed by atoms with Crippen LogP contribution in [0.5, 0.6) is 0 Å². The van der Waals surface area contributed by atoms with Crippen LogP contribution in [0.25, 0.3) is 0 Å². The van der Waals surface area contributed by atoms with Gasteiger partial charge in [-0.15, -0.1) is 0 Å². The Hall–Kier alpha value is -1.09. The zero-order valence-corrected chi connectivity index (χ0v) is 10.2. The first-order valence-corrected chi connectivity index (χ1v) is 4.91. The second kappa shape index (κ2) is 5.71. The summed E-state index contributed by atoms with van der Waals surface area (Å²) in [6.07, 6.45) is 1.73. The maximum Gasteiger partial charge on any atom is 0.338 e. The molecule has 0 rings (SSSR count). The fourth-order valence-electron chi connectivity index (χ4n) is 0.684.